The van der Waals surface area contributed by atoms with Gasteiger partial charge >= 0.3 is 0 Å². The molecule has 2 aromatic carbocycles. The number of rotatable bonds is 7. The van der Waals surface area contributed by atoms with E-state index in [9.17, 15) is 4.79 Å². The molecule has 2 aromatic heterocycles. The van der Waals surface area contributed by atoms with Gasteiger partial charge in [0.1, 0.15) is 5.82 Å². The number of aryl methyl sites for hydroxylation is 2. The molecule has 0 spiro atoms. The van der Waals surface area contributed by atoms with Crippen LogP contribution in [0.1, 0.15) is 31.0 Å². The first-order chi connectivity index (χ1) is 16.6. The van der Waals surface area contributed by atoms with Crippen molar-refractivity contribution < 1.29 is 4.79 Å². The Morgan fingerprint density at radius 3 is 2.68 bits per heavy atom. The highest BCUT2D eigenvalue weighted by atomic mass is 32.2. The van der Waals surface area contributed by atoms with E-state index in [0.717, 1.165) is 58.7 Å². The quantitative estimate of drug-likeness (QED) is 0.374. The third-order valence-corrected chi connectivity index (χ3v) is 7.15. The highest BCUT2D eigenvalue weighted by Gasteiger charge is 2.17. The van der Waals surface area contributed by atoms with E-state index in [4.69, 9.17) is 0 Å². The van der Waals surface area contributed by atoms with Crippen molar-refractivity contribution in [1.29, 1.82) is 0 Å². The van der Waals surface area contributed by atoms with Gasteiger partial charge in [0.05, 0.1) is 5.75 Å². The number of imidazole rings is 1. The van der Waals surface area contributed by atoms with Gasteiger partial charge < -0.3 is 14.5 Å². The molecule has 0 unspecified atom stereocenters. The summed E-state index contributed by atoms with van der Waals surface area (Å²) in [5.41, 5.74) is 5.36. The van der Waals surface area contributed by atoms with E-state index < -0.39 is 0 Å². The van der Waals surface area contributed by atoms with Crippen molar-refractivity contribution in [3.63, 3.8) is 0 Å². The number of aromatic nitrogens is 5. The first-order valence-electron chi connectivity index (χ1n) is 11.7. The zero-order valence-electron chi connectivity index (χ0n) is 19.5. The summed E-state index contributed by atoms with van der Waals surface area (Å²) in [5, 5.41) is 12.5. The molecule has 5 rings (SSSR count). The fraction of sp³-hybridized carbons (Fsp3) is 0.308. The van der Waals surface area contributed by atoms with Crippen LogP contribution in [0.15, 0.2) is 59.9 Å². The van der Waals surface area contributed by atoms with Crippen molar-refractivity contribution >= 4 is 23.4 Å². The molecule has 3 heterocycles. The SMILES string of the molecule is CCn1c(SCC(=O)Nc2ccc(-c3ncc4n3CCCC4)cc2)nnc1-c1ccccc1C. The van der Waals surface area contributed by atoms with Crippen LogP contribution in [0.3, 0.4) is 0 Å². The van der Waals surface area contributed by atoms with Gasteiger partial charge in [-0.2, -0.15) is 0 Å². The number of nitrogens with one attached hydrogen (secondary N) is 1. The molecule has 0 atom stereocenters. The lowest BCUT2D eigenvalue weighted by atomic mass is 10.1. The molecule has 1 aliphatic heterocycles. The third kappa shape index (κ3) is 4.50. The largest absolute Gasteiger partial charge is 0.328 e. The highest BCUT2D eigenvalue weighted by molar-refractivity contribution is 7.99. The summed E-state index contributed by atoms with van der Waals surface area (Å²) >= 11 is 1.40. The number of nitrogens with zero attached hydrogens (tertiary/aromatic N) is 5. The van der Waals surface area contributed by atoms with E-state index in [1.54, 1.807) is 0 Å². The molecule has 0 fully saturated rings. The zero-order chi connectivity index (χ0) is 23.5. The maximum absolute atomic E-state index is 12.6. The molecule has 0 aliphatic carbocycles. The molecule has 0 saturated heterocycles. The normalized spacial score (nSPS) is 13.0. The molecular formula is C26H28N6OS. The van der Waals surface area contributed by atoms with Gasteiger partial charge in [0.15, 0.2) is 11.0 Å². The monoisotopic (exact) mass is 472 g/mol. The molecular weight excluding hydrogens is 444 g/mol. The number of fused-ring (bicyclic) bond motifs is 1. The molecule has 1 aliphatic rings. The van der Waals surface area contributed by atoms with E-state index in [1.807, 2.05) is 42.6 Å². The number of hydrogen-bond acceptors (Lipinski definition) is 5. The van der Waals surface area contributed by atoms with Crippen molar-refractivity contribution in [2.24, 2.45) is 0 Å². The topological polar surface area (TPSA) is 77.6 Å². The standard InChI is InChI=1S/C26H28N6OS/c1-3-31-25(22-10-5-4-8-18(22)2)29-30-26(31)34-17-23(33)28-20-13-11-19(12-14-20)24-27-16-21-9-6-7-15-32(21)24/h4-5,8,10-14,16H,3,6-7,9,15,17H2,1-2H3,(H,28,33). The summed E-state index contributed by atoms with van der Waals surface area (Å²) in [6.45, 7) is 5.89. The number of hydrogen-bond donors (Lipinski definition) is 1. The predicted molar refractivity (Wildman–Crippen MR) is 136 cm³/mol. The Morgan fingerprint density at radius 1 is 1.06 bits per heavy atom. The Morgan fingerprint density at radius 2 is 1.88 bits per heavy atom. The number of carbonyl (C=O) groups excluding carboxylic acids is 1. The van der Waals surface area contributed by atoms with Crippen molar-refractivity contribution in [3.8, 4) is 22.8 Å². The van der Waals surface area contributed by atoms with Crippen LogP contribution in [-0.2, 0) is 24.3 Å². The second-order valence-corrected chi connectivity index (χ2v) is 9.40. The fourth-order valence-electron chi connectivity index (χ4n) is 4.40. The summed E-state index contributed by atoms with van der Waals surface area (Å²) in [4.78, 5) is 17.2. The fourth-order valence-corrected chi connectivity index (χ4v) is 5.20. The van der Waals surface area contributed by atoms with Crippen molar-refractivity contribution in [2.75, 3.05) is 11.1 Å². The molecule has 34 heavy (non-hydrogen) atoms. The van der Waals surface area contributed by atoms with Crippen LogP contribution in [0, 0.1) is 6.92 Å². The molecule has 0 saturated carbocycles. The lowest BCUT2D eigenvalue weighted by molar-refractivity contribution is -0.113. The Balaban J connectivity index is 1.23. The molecule has 1 amide bonds. The summed E-state index contributed by atoms with van der Waals surface area (Å²) in [7, 11) is 0. The van der Waals surface area contributed by atoms with Crippen molar-refractivity contribution in [2.45, 2.75) is 51.4 Å². The van der Waals surface area contributed by atoms with Crippen LogP contribution in [-0.4, -0.2) is 36.0 Å². The predicted octanol–water partition coefficient (Wildman–Crippen LogP) is 5.20. The zero-order valence-corrected chi connectivity index (χ0v) is 20.3. The van der Waals surface area contributed by atoms with E-state index in [0.29, 0.717) is 0 Å². The van der Waals surface area contributed by atoms with E-state index in [-0.39, 0.29) is 11.7 Å². The molecule has 8 heteroatoms. The van der Waals surface area contributed by atoms with E-state index in [2.05, 4.69) is 55.6 Å². The third-order valence-electron chi connectivity index (χ3n) is 6.18. The minimum Gasteiger partial charge on any atom is -0.328 e. The molecule has 4 aromatic rings. The second kappa shape index (κ2) is 9.85. The minimum absolute atomic E-state index is 0.0703. The number of thioether (sulfide) groups is 1. The van der Waals surface area contributed by atoms with Crippen molar-refractivity contribution in [1.82, 2.24) is 24.3 Å². The van der Waals surface area contributed by atoms with Crippen LogP contribution in [0.2, 0.25) is 0 Å². The van der Waals surface area contributed by atoms with Crippen LogP contribution in [0.4, 0.5) is 5.69 Å². The average molecular weight is 473 g/mol. The number of benzene rings is 2. The van der Waals surface area contributed by atoms with Gasteiger partial charge in [-0.3, -0.25) is 4.79 Å². The number of carbonyl (C=O) groups is 1. The maximum atomic E-state index is 12.6. The molecule has 0 radical (unpaired) electrons. The molecule has 1 N–H and O–H groups in total. The average Bonchev–Trinajstić information content (AvgIpc) is 3.47. The summed E-state index contributed by atoms with van der Waals surface area (Å²) < 4.78 is 4.36. The smallest absolute Gasteiger partial charge is 0.234 e. The Bertz CT molecular complexity index is 1310. The Labute approximate surface area is 203 Å². The number of amides is 1. The minimum atomic E-state index is -0.0703. The first kappa shape index (κ1) is 22.4. The Hall–Kier alpha value is -3.39. The van der Waals surface area contributed by atoms with Crippen LogP contribution in [0.5, 0.6) is 0 Å². The van der Waals surface area contributed by atoms with Gasteiger partial charge in [-0.1, -0.05) is 36.0 Å². The lowest BCUT2D eigenvalue weighted by Crippen LogP contribution is -2.14. The first-order valence-corrected chi connectivity index (χ1v) is 12.7. The van der Waals surface area contributed by atoms with Crippen LogP contribution >= 0.6 is 11.8 Å². The lowest BCUT2D eigenvalue weighted by Gasteiger charge is -2.16. The van der Waals surface area contributed by atoms with Gasteiger partial charge in [-0.25, -0.2) is 4.98 Å². The molecule has 174 valence electrons. The Kier molecular flexibility index (Phi) is 6.49. The molecule has 7 nitrogen and oxygen atoms in total. The van der Waals surface area contributed by atoms with Gasteiger partial charge in [-0.15, -0.1) is 10.2 Å². The highest BCUT2D eigenvalue weighted by Crippen LogP contribution is 2.27. The summed E-state index contributed by atoms with van der Waals surface area (Å²) in [6, 6.07) is 16.1. The summed E-state index contributed by atoms with van der Waals surface area (Å²) in [6.07, 6.45) is 5.51. The summed E-state index contributed by atoms with van der Waals surface area (Å²) in [5.74, 6) is 2.03. The van der Waals surface area contributed by atoms with Crippen LogP contribution in [0.25, 0.3) is 22.8 Å². The second-order valence-electron chi connectivity index (χ2n) is 8.46. The van der Waals surface area contributed by atoms with Gasteiger partial charge in [0.25, 0.3) is 0 Å². The van der Waals surface area contributed by atoms with Gasteiger partial charge in [0.2, 0.25) is 5.91 Å². The van der Waals surface area contributed by atoms with Crippen LogP contribution < -0.4 is 5.32 Å². The van der Waals surface area contributed by atoms with E-state index in [1.165, 1.54) is 30.3 Å². The van der Waals surface area contributed by atoms with Crippen molar-refractivity contribution in [3.05, 3.63) is 66.0 Å². The van der Waals surface area contributed by atoms with E-state index >= 15 is 0 Å². The van der Waals surface area contributed by atoms with Gasteiger partial charge in [-0.05, 0) is 62.9 Å². The van der Waals surface area contributed by atoms with Gasteiger partial charge in [0, 0.05) is 41.8 Å². The maximum Gasteiger partial charge on any atom is 0.234 e. The number of anilines is 1. The molecule has 0 bridgehead atoms.